The van der Waals surface area contributed by atoms with Crippen LogP contribution in [0.2, 0.25) is 0 Å². The summed E-state index contributed by atoms with van der Waals surface area (Å²) in [5.41, 5.74) is 0.810. The highest BCUT2D eigenvalue weighted by Gasteiger charge is 2.46. The van der Waals surface area contributed by atoms with E-state index >= 15 is 0 Å². The first-order valence-electron chi connectivity index (χ1n) is 6.64. The maximum atomic E-state index is 12.9. The second-order valence-electron chi connectivity index (χ2n) is 5.20. The van der Waals surface area contributed by atoms with E-state index in [9.17, 15) is 19.4 Å². The van der Waals surface area contributed by atoms with Crippen LogP contribution in [0.15, 0.2) is 60.0 Å². The second kappa shape index (κ2) is 4.87. The number of carbonyl (C=O) groups excluding carboxylic acids is 1. The Kier molecular flexibility index (Phi) is 3.13. The number of hydrogen-bond acceptors (Lipinski definition) is 4. The predicted molar refractivity (Wildman–Crippen MR) is 77.6 cm³/mol. The lowest BCUT2D eigenvalue weighted by Gasteiger charge is -2.23. The third-order valence-corrected chi connectivity index (χ3v) is 3.78. The van der Waals surface area contributed by atoms with E-state index in [2.05, 4.69) is 0 Å². The molecule has 0 bridgehead atoms. The van der Waals surface area contributed by atoms with Gasteiger partial charge in [0.1, 0.15) is 5.82 Å². The maximum Gasteiger partial charge on any atom is 0.378 e. The Balaban J connectivity index is 1.95. The monoisotopic (exact) mass is 300 g/mol. The average molecular weight is 300 g/mol. The Morgan fingerprint density at radius 1 is 0.955 bits per heavy atom. The SMILES string of the molecule is C[C@]1(c2ccc(-c3ccc(F)cc3)cc2)OC(=O)C(O)=C1O. The highest BCUT2D eigenvalue weighted by molar-refractivity contribution is 5.90. The van der Waals surface area contributed by atoms with Gasteiger partial charge >= 0.3 is 5.97 Å². The minimum atomic E-state index is -1.40. The zero-order chi connectivity index (χ0) is 15.9. The molecule has 0 unspecified atom stereocenters. The number of hydrogen-bond donors (Lipinski definition) is 2. The van der Waals surface area contributed by atoms with Crippen molar-refractivity contribution in [2.45, 2.75) is 12.5 Å². The number of rotatable bonds is 2. The zero-order valence-corrected chi connectivity index (χ0v) is 11.7. The maximum absolute atomic E-state index is 12.9. The van der Waals surface area contributed by atoms with Crippen LogP contribution in [-0.4, -0.2) is 16.2 Å². The molecule has 0 amide bonds. The molecule has 5 heteroatoms. The van der Waals surface area contributed by atoms with E-state index < -0.39 is 23.1 Å². The van der Waals surface area contributed by atoms with Crippen LogP contribution in [0.5, 0.6) is 0 Å². The number of aliphatic hydroxyl groups is 2. The lowest BCUT2D eigenvalue weighted by Crippen LogP contribution is -2.25. The largest absolute Gasteiger partial charge is 0.505 e. The number of aliphatic hydroxyl groups excluding tert-OH is 2. The normalized spacial score (nSPS) is 21.1. The van der Waals surface area contributed by atoms with Gasteiger partial charge in [0.05, 0.1) is 0 Å². The Bertz CT molecular complexity index is 762. The number of benzene rings is 2. The number of halogens is 1. The van der Waals surface area contributed by atoms with Crippen LogP contribution in [0.3, 0.4) is 0 Å². The Morgan fingerprint density at radius 2 is 1.45 bits per heavy atom. The quantitative estimate of drug-likeness (QED) is 0.832. The summed E-state index contributed by atoms with van der Waals surface area (Å²) in [5.74, 6) is -2.55. The molecule has 0 saturated carbocycles. The number of ether oxygens (including phenoxy) is 1. The molecule has 1 atom stereocenters. The zero-order valence-electron chi connectivity index (χ0n) is 11.7. The summed E-state index contributed by atoms with van der Waals surface area (Å²) >= 11 is 0. The second-order valence-corrected chi connectivity index (χ2v) is 5.20. The number of esters is 1. The first-order chi connectivity index (χ1) is 10.4. The topological polar surface area (TPSA) is 66.8 Å². The summed E-state index contributed by atoms with van der Waals surface area (Å²) in [5, 5.41) is 19.3. The molecule has 4 nitrogen and oxygen atoms in total. The molecular formula is C17H13FO4. The molecule has 112 valence electrons. The van der Waals surface area contributed by atoms with E-state index in [1.54, 1.807) is 36.4 Å². The molecule has 0 spiro atoms. The summed E-state index contributed by atoms with van der Waals surface area (Å²) in [7, 11) is 0. The lowest BCUT2D eigenvalue weighted by molar-refractivity contribution is -0.149. The third kappa shape index (κ3) is 2.11. The molecule has 2 aromatic carbocycles. The van der Waals surface area contributed by atoms with Gasteiger partial charge in [-0.05, 0) is 30.2 Å². The van der Waals surface area contributed by atoms with Crippen molar-refractivity contribution in [3.05, 3.63) is 71.4 Å². The van der Waals surface area contributed by atoms with Crippen LogP contribution in [0.1, 0.15) is 12.5 Å². The van der Waals surface area contributed by atoms with Crippen molar-refractivity contribution in [2.75, 3.05) is 0 Å². The molecule has 0 saturated heterocycles. The van der Waals surface area contributed by atoms with E-state index in [1.807, 2.05) is 0 Å². The van der Waals surface area contributed by atoms with Crippen molar-refractivity contribution >= 4 is 5.97 Å². The van der Waals surface area contributed by atoms with Crippen molar-refractivity contribution in [3.8, 4) is 11.1 Å². The Labute approximate surface area is 126 Å². The van der Waals surface area contributed by atoms with Crippen LogP contribution in [0.25, 0.3) is 11.1 Å². The van der Waals surface area contributed by atoms with Gasteiger partial charge in [0.25, 0.3) is 0 Å². The molecule has 0 aromatic heterocycles. The fraction of sp³-hybridized carbons (Fsp3) is 0.118. The Hall–Kier alpha value is -2.82. The molecule has 22 heavy (non-hydrogen) atoms. The van der Waals surface area contributed by atoms with Crippen LogP contribution >= 0.6 is 0 Å². The fourth-order valence-corrected chi connectivity index (χ4v) is 2.42. The van der Waals surface area contributed by atoms with Gasteiger partial charge in [-0.15, -0.1) is 0 Å². The van der Waals surface area contributed by atoms with Crippen LogP contribution < -0.4 is 0 Å². The standard InChI is InChI=1S/C17H13FO4/c1-17(15(20)14(19)16(21)22-17)12-6-2-10(3-7-12)11-4-8-13(18)9-5-11/h2-9,19-20H,1H3/t17-/m1/s1. The summed E-state index contributed by atoms with van der Waals surface area (Å²) in [4.78, 5) is 11.4. The number of carbonyl (C=O) groups is 1. The van der Waals surface area contributed by atoms with Gasteiger partial charge in [-0.2, -0.15) is 0 Å². The van der Waals surface area contributed by atoms with Gasteiger partial charge in [0.15, 0.2) is 11.4 Å². The van der Waals surface area contributed by atoms with E-state index in [0.717, 1.165) is 11.1 Å². The molecule has 0 aliphatic carbocycles. The highest BCUT2D eigenvalue weighted by Crippen LogP contribution is 2.39. The molecule has 1 heterocycles. The molecule has 1 aliphatic rings. The van der Waals surface area contributed by atoms with Crippen LogP contribution in [0, 0.1) is 5.82 Å². The van der Waals surface area contributed by atoms with Gasteiger partial charge in [-0.1, -0.05) is 36.4 Å². The van der Waals surface area contributed by atoms with Crippen molar-refractivity contribution in [1.29, 1.82) is 0 Å². The first-order valence-corrected chi connectivity index (χ1v) is 6.64. The average Bonchev–Trinajstić information content (AvgIpc) is 2.73. The van der Waals surface area contributed by atoms with Gasteiger partial charge in [0.2, 0.25) is 5.76 Å². The molecule has 1 aliphatic heterocycles. The van der Waals surface area contributed by atoms with Crippen molar-refractivity contribution in [1.82, 2.24) is 0 Å². The summed E-state index contributed by atoms with van der Waals surface area (Å²) < 4.78 is 18.0. The molecule has 0 fully saturated rings. The number of cyclic esters (lactones) is 1. The van der Waals surface area contributed by atoms with Gasteiger partial charge in [-0.3, -0.25) is 0 Å². The molecule has 3 rings (SSSR count). The first kappa shape index (κ1) is 14.1. The molecule has 0 radical (unpaired) electrons. The fourth-order valence-electron chi connectivity index (χ4n) is 2.42. The van der Waals surface area contributed by atoms with E-state index in [-0.39, 0.29) is 5.82 Å². The van der Waals surface area contributed by atoms with Crippen molar-refractivity contribution < 1.29 is 24.1 Å². The minimum Gasteiger partial charge on any atom is -0.505 e. The van der Waals surface area contributed by atoms with E-state index in [0.29, 0.717) is 5.56 Å². The summed E-state index contributed by atoms with van der Waals surface area (Å²) in [6.07, 6.45) is 0. The third-order valence-electron chi connectivity index (χ3n) is 3.78. The van der Waals surface area contributed by atoms with Crippen molar-refractivity contribution in [3.63, 3.8) is 0 Å². The molecule has 2 aromatic rings. The smallest absolute Gasteiger partial charge is 0.378 e. The van der Waals surface area contributed by atoms with Crippen LogP contribution in [0.4, 0.5) is 4.39 Å². The van der Waals surface area contributed by atoms with Gasteiger partial charge < -0.3 is 14.9 Å². The van der Waals surface area contributed by atoms with E-state index in [4.69, 9.17) is 4.74 Å². The van der Waals surface area contributed by atoms with Crippen molar-refractivity contribution in [2.24, 2.45) is 0 Å². The highest BCUT2D eigenvalue weighted by atomic mass is 19.1. The van der Waals surface area contributed by atoms with Gasteiger partial charge in [0, 0.05) is 5.56 Å². The molecule has 2 N–H and O–H groups in total. The van der Waals surface area contributed by atoms with E-state index in [1.165, 1.54) is 19.1 Å². The predicted octanol–water partition coefficient (Wildman–Crippen LogP) is 3.59. The summed E-state index contributed by atoms with van der Waals surface area (Å²) in [6, 6.07) is 13.0. The summed E-state index contributed by atoms with van der Waals surface area (Å²) in [6.45, 7) is 1.50. The lowest BCUT2D eigenvalue weighted by atomic mass is 9.92. The Morgan fingerprint density at radius 3 is 1.91 bits per heavy atom. The van der Waals surface area contributed by atoms with Crippen LogP contribution in [-0.2, 0) is 15.1 Å². The minimum absolute atomic E-state index is 0.309. The van der Waals surface area contributed by atoms with Gasteiger partial charge in [-0.25, -0.2) is 9.18 Å². The molecular weight excluding hydrogens is 287 g/mol.